The minimum absolute atomic E-state index is 0.0998. The van der Waals surface area contributed by atoms with E-state index in [0.29, 0.717) is 24.2 Å². The highest BCUT2D eigenvalue weighted by molar-refractivity contribution is 5.94. The predicted octanol–water partition coefficient (Wildman–Crippen LogP) is 1.94. The number of pyridine rings is 1. The van der Waals surface area contributed by atoms with Crippen LogP contribution in [0.4, 0.5) is 0 Å². The molecule has 0 radical (unpaired) electrons. The molecule has 1 amide bonds. The van der Waals surface area contributed by atoms with Crippen molar-refractivity contribution in [3.8, 4) is 0 Å². The molecule has 0 bridgehead atoms. The third-order valence-electron chi connectivity index (χ3n) is 4.72. The van der Waals surface area contributed by atoms with Gasteiger partial charge in [0.15, 0.2) is 0 Å². The maximum absolute atomic E-state index is 12.8. The van der Waals surface area contributed by atoms with Crippen LogP contribution in [0.1, 0.15) is 61.3 Å². The highest BCUT2D eigenvalue weighted by Gasteiger charge is 2.39. The van der Waals surface area contributed by atoms with Crippen molar-refractivity contribution >= 4 is 5.91 Å². The second-order valence-electron chi connectivity index (χ2n) is 6.97. The minimum atomic E-state index is -1.16. The first-order valence-corrected chi connectivity index (χ1v) is 8.81. The van der Waals surface area contributed by atoms with E-state index in [1.165, 1.54) is 0 Å². The Hall–Kier alpha value is -2.28. The average molecular weight is 343 g/mol. The van der Waals surface area contributed by atoms with E-state index in [1.54, 1.807) is 28.2 Å². The predicted molar refractivity (Wildman–Crippen MR) is 93.1 cm³/mol. The molecule has 1 atom stereocenters. The Balaban J connectivity index is 1.80. The maximum Gasteiger partial charge on any atom is 0.255 e. The zero-order valence-electron chi connectivity index (χ0n) is 15.0. The summed E-state index contributed by atoms with van der Waals surface area (Å²) in [5.41, 5.74) is 0.961. The first-order valence-electron chi connectivity index (χ1n) is 8.81. The molecule has 2 aromatic heterocycles. The van der Waals surface area contributed by atoms with Gasteiger partial charge in [-0.1, -0.05) is 12.1 Å². The number of amides is 1. The number of aryl methyl sites for hydroxylation is 1. The number of nitrogens with zero attached hydrogens (tertiary/aromatic N) is 5. The smallest absolute Gasteiger partial charge is 0.255 e. The van der Waals surface area contributed by atoms with Crippen LogP contribution < -0.4 is 0 Å². The summed E-state index contributed by atoms with van der Waals surface area (Å²) < 4.78 is 1.72. The normalized spacial score (nSPS) is 20.9. The first kappa shape index (κ1) is 17.5. The topological polar surface area (TPSA) is 84.1 Å². The first-order chi connectivity index (χ1) is 11.9. The van der Waals surface area contributed by atoms with Crippen molar-refractivity contribution in [3.63, 3.8) is 0 Å². The second-order valence-corrected chi connectivity index (χ2v) is 6.97. The summed E-state index contributed by atoms with van der Waals surface area (Å²) in [7, 11) is 0. The van der Waals surface area contributed by atoms with E-state index in [-0.39, 0.29) is 18.5 Å². The number of piperidine rings is 1. The molecule has 0 unspecified atom stereocenters. The van der Waals surface area contributed by atoms with Crippen molar-refractivity contribution in [2.45, 2.75) is 51.7 Å². The molecule has 0 spiro atoms. The molecule has 1 aliphatic rings. The molecule has 7 nitrogen and oxygen atoms in total. The summed E-state index contributed by atoms with van der Waals surface area (Å²) >= 11 is 0. The second kappa shape index (κ2) is 6.92. The van der Waals surface area contributed by atoms with Gasteiger partial charge in [0.2, 0.25) is 0 Å². The number of aliphatic hydroxyl groups is 1. The van der Waals surface area contributed by atoms with E-state index in [0.717, 1.165) is 18.4 Å². The molecule has 2 aromatic rings. The molecule has 0 aromatic carbocycles. The summed E-state index contributed by atoms with van der Waals surface area (Å²) in [6.07, 6.45) is 7.25. The summed E-state index contributed by atoms with van der Waals surface area (Å²) in [5, 5.41) is 19.3. The van der Waals surface area contributed by atoms with E-state index < -0.39 is 5.60 Å². The van der Waals surface area contributed by atoms with E-state index in [1.807, 2.05) is 26.8 Å². The Bertz CT molecular complexity index is 757. The van der Waals surface area contributed by atoms with Crippen LogP contribution in [0.15, 0.2) is 24.7 Å². The van der Waals surface area contributed by atoms with Gasteiger partial charge < -0.3 is 10.0 Å². The molecular formula is C18H25N5O2. The van der Waals surface area contributed by atoms with Crippen molar-refractivity contribution in [2.24, 2.45) is 0 Å². The summed E-state index contributed by atoms with van der Waals surface area (Å²) in [6, 6.07) is 2.05. The summed E-state index contributed by atoms with van der Waals surface area (Å²) in [5.74, 6) is -0.0998. The van der Waals surface area contributed by atoms with Gasteiger partial charge in [0.25, 0.3) is 5.91 Å². The molecule has 25 heavy (non-hydrogen) atoms. The quantitative estimate of drug-likeness (QED) is 0.917. The van der Waals surface area contributed by atoms with Gasteiger partial charge in [-0.25, -0.2) is 4.68 Å². The standard InChI is InChI=1S/C18H25N5O2/c1-4-14-8-15(10-19-9-14)17(24)22-7-5-6-18(25,12-22)16-11-23(13(2)3)21-20-16/h8-11,13,25H,4-7,12H2,1-3H3/t18-/m0/s1. The molecule has 0 saturated carbocycles. The zero-order chi connectivity index (χ0) is 18.0. The molecule has 3 heterocycles. The van der Waals surface area contributed by atoms with Gasteiger partial charge in [0.1, 0.15) is 11.3 Å². The van der Waals surface area contributed by atoms with Crippen LogP contribution in [-0.4, -0.2) is 49.0 Å². The molecule has 1 saturated heterocycles. The Morgan fingerprint density at radius 2 is 2.20 bits per heavy atom. The van der Waals surface area contributed by atoms with Crippen LogP contribution in [0.2, 0.25) is 0 Å². The lowest BCUT2D eigenvalue weighted by molar-refractivity contribution is -0.0320. The number of carbonyl (C=O) groups excluding carboxylic acids is 1. The van der Waals surface area contributed by atoms with Gasteiger partial charge in [0, 0.05) is 25.0 Å². The lowest BCUT2D eigenvalue weighted by Gasteiger charge is -2.38. The van der Waals surface area contributed by atoms with Crippen molar-refractivity contribution in [1.82, 2.24) is 24.9 Å². The van der Waals surface area contributed by atoms with Gasteiger partial charge >= 0.3 is 0 Å². The van der Waals surface area contributed by atoms with Crippen LogP contribution in [0, 0.1) is 0 Å². The fraction of sp³-hybridized carbons (Fsp3) is 0.556. The molecule has 134 valence electrons. The molecule has 1 N–H and O–H groups in total. The highest BCUT2D eigenvalue weighted by atomic mass is 16.3. The Morgan fingerprint density at radius 1 is 1.40 bits per heavy atom. The molecule has 1 fully saturated rings. The van der Waals surface area contributed by atoms with Gasteiger partial charge in [0.05, 0.1) is 18.3 Å². The Labute approximate surface area is 147 Å². The number of likely N-dealkylation sites (tertiary alicyclic amines) is 1. The van der Waals surface area contributed by atoms with Crippen LogP contribution in [0.3, 0.4) is 0 Å². The number of β-amino-alcohol motifs (C(OH)–C–C–N with tert-alkyl or cyclic N) is 1. The largest absolute Gasteiger partial charge is 0.382 e. The third-order valence-corrected chi connectivity index (χ3v) is 4.72. The monoisotopic (exact) mass is 343 g/mol. The van der Waals surface area contributed by atoms with Gasteiger partial charge in [-0.2, -0.15) is 0 Å². The van der Waals surface area contributed by atoms with Crippen molar-refractivity contribution in [1.29, 1.82) is 0 Å². The highest BCUT2D eigenvalue weighted by Crippen LogP contribution is 2.31. The lowest BCUT2D eigenvalue weighted by Crippen LogP contribution is -2.48. The molecule has 3 rings (SSSR count). The number of aromatic nitrogens is 4. The van der Waals surface area contributed by atoms with Crippen molar-refractivity contribution in [3.05, 3.63) is 41.5 Å². The van der Waals surface area contributed by atoms with Crippen LogP contribution in [0.5, 0.6) is 0 Å². The molecule has 0 aliphatic carbocycles. The third kappa shape index (κ3) is 3.56. The van der Waals surface area contributed by atoms with E-state index >= 15 is 0 Å². The fourth-order valence-corrected chi connectivity index (χ4v) is 3.14. The van der Waals surface area contributed by atoms with E-state index in [2.05, 4.69) is 15.3 Å². The van der Waals surface area contributed by atoms with Gasteiger partial charge in [-0.15, -0.1) is 5.10 Å². The van der Waals surface area contributed by atoms with E-state index in [4.69, 9.17) is 0 Å². The Kier molecular flexibility index (Phi) is 4.85. The zero-order valence-corrected chi connectivity index (χ0v) is 15.0. The molecular weight excluding hydrogens is 318 g/mol. The van der Waals surface area contributed by atoms with Crippen LogP contribution >= 0.6 is 0 Å². The van der Waals surface area contributed by atoms with Crippen LogP contribution in [0.25, 0.3) is 0 Å². The number of carbonyl (C=O) groups is 1. The van der Waals surface area contributed by atoms with Gasteiger partial charge in [-0.05, 0) is 44.7 Å². The van der Waals surface area contributed by atoms with E-state index in [9.17, 15) is 9.90 Å². The number of hydrogen-bond donors (Lipinski definition) is 1. The minimum Gasteiger partial charge on any atom is -0.382 e. The summed E-state index contributed by atoms with van der Waals surface area (Å²) in [6.45, 7) is 6.89. The van der Waals surface area contributed by atoms with Crippen molar-refractivity contribution < 1.29 is 9.90 Å². The molecule has 7 heteroatoms. The van der Waals surface area contributed by atoms with Gasteiger partial charge in [-0.3, -0.25) is 9.78 Å². The Morgan fingerprint density at radius 3 is 2.88 bits per heavy atom. The summed E-state index contributed by atoms with van der Waals surface area (Å²) in [4.78, 5) is 18.7. The average Bonchev–Trinajstić information content (AvgIpc) is 3.12. The van der Waals surface area contributed by atoms with Crippen LogP contribution in [-0.2, 0) is 12.0 Å². The number of rotatable bonds is 4. The lowest BCUT2D eigenvalue weighted by atomic mass is 9.89. The molecule has 1 aliphatic heterocycles. The number of hydrogen-bond acceptors (Lipinski definition) is 5. The van der Waals surface area contributed by atoms with Crippen molar-refractivity contribution in [2.75, 3.05) is 13.1 Å². The maximum atomic E-state index is 12.8. The fourth-order valence-electron chi connectivity index (χ4n) is 3.14. The SMILES string of the molecule is CCc1cncc(C(=O)N2CCC[C@@](O)(c3cn(C(C)C)nn3)C2)c1.